The van der Waals surface area contributed by atoms with Crippen LogP contribution in [-0.4, -0.2) is 24.4 Å². The second-order valence-electron chi connectivity index (χ2n) is 4.09. The average molecular weight is 272 g/mol. The van der Waals surface area contributed by atoms with E-state index < -0.39 is 11.6 Å². The summed E-state index contributed by atoms with van der Waals surface area (Å²) in [6.45, 7) is 1.34. The molecule has 3 nitrogen and oxygen atoms in total. The summed E-state index contributed by atoms with van der Waals surface area (Å²) in [6.07, 6.45) is 2.18. The molecule has 0 radical (unpaired) electrons. The summed E-state index contributed by atoms with van der Waals surface area (Å²) in [7, 11) is 0. The van der Waals surface area contributed by atoms with E-state index in [1.807, 2.05) is 0 Å². The summed E-state index contributed by atoms with van der Waals surface area (Å²) in [5, 5.41) is 5.81. The van der Waals surface area contributed by atoms with Gasteiger partial charge < -0.3 is 15.4 Å². The van der Waals surface area contributed by atoms with Gasteiger partial charge in [0.15, 0.2) is 5.11 Å². The van der Waals surface area contributed by atoms with E-state index >= 15 is 0 Å². The van der Waals surface area contributed by atoms with Crippen molar-refractivity contribution >= 4 is 23.0 Å². The Balaban J connectivity index is 1.84. The highest BCUT2D eigenvalue weighted by molar-refractivity contribution is 7.80. The molecule has 98 valence electrons. The van der Waals surface area contributed by atoms with Crippen LogP contribution in [0.5, 0.6) is 0 Å². The van der Waals surface area contributed by atoms with Crippen molar-refractivity contribution in [3.8, 4) is 0 Å². The molecule has 1 aromatic carbocycles. The fraction of sp³-hybridized carbons (Fsp3) is 0.417. The minimum atomic E-state index is -0.544. The molecule has 1 aliphatic rings. The van der Waals surface area contributed by atoms with E-state index in [0.717, 1.165) is 37.6 Å². The van der Waals surface area contributed by atoms with Gasteiger partial charge in [-0.15, -0.1) is 0 Å². The van der Waals surface area contributed by atoms with E-state index in [1.165, 1.54) is 0 Å². The Labute approximate surface area is 110 Å². The number of halogens is 2. The molecule has 1 aliphatic heterocycles. The molecule has 0 amide bonds. The van der Waals surface area contributed by atoms with Crippen molar-refractivity contribution in [3.05, 3.63) is 29.8 Å². The number of benzene rings is 1. The number of anilines is 1. The third kappa shape index (κ3) is 3.61. The van der Waals surface area contributed by atoms with Gasteiger partial charge in [0, 0.05) is 19.2 Å². The molecule has 1 atom stereocenters. The Hall–Kier alpha value is -1.27. The summed E-state index contributed by atoms with van der Waals surface area (Å²) in [5.74, 6) is -1.06. The van der Waals surface area contributed by atoms with Crippen LogP contribution in [-0.2, 0) is 4.74 Å². The smallest absolute Gasteiger partial charge is 0.170 e. The third-order valence-corrected chi connectivity index (χ3v) is 2.94. The topological polar surface area (TPSA) is 33.3 Å². The van der Waals surface area contributed by atoms with E-state index in [9.17, 15) is 8.78 Å². The molecule has 1 heterocycles. The van der Waals surface area contributed by atoms with E-state index in [1.54, 1.807) is 0 Å². The Morgan fingerprint density at radius 1 is 1.44 bits per heavy atom. The van der Waals surface area contributed by atoms with Crippen molar-refractivity contribution in [1.29, 1.82) is 0 Å². The van der Waals surface area contributed by atoms with Gasteiger partial charge >= 0.3 is 0 Å². The summed E-state index contributed by atoms with van der Waals surface area (Å²) in [6, 6.07) is 3.18. The standard InChI is InChI=1S/C12H14F2N2OS/c13-8-3-4-10(14)11(6-8)16-12(18)15-7-9-2-1-5-17-9/h3-4,6,9H,1-2,5,7H2,(H2,15,16,18). The van der Waals surface area contributed by atoms with E-state index in [4.69, 9.17) is 17.0 Å². The van der Waals surface area contributed by atoms with Gasteiger partial charge in [0.25, 0.3) is 0 Å². The second-order valence-corrected chi connectivity index (χ2v) is 4.50. The first-order valence-electron chi connectivity index (χ1n) is 5.76. The van der Waals surface area contributed by atoms with E-state index in [0.29, 0.717) is 6.54 Å². The average Bonchev–Trinajstić information content (AvgIpc) is 2.84. The van der Waals surface area contributed by atoms with Crippen LogP contribution < -0.4 is 10.6 Å². The lowest BCUT2D eigenvalue weighted by atomic mass is 10.2. The zero-order valence-electron chi connectivity index (χ0n) is 9.71. The van der Waals surface area contributed by atoms with E-state index in [2.05, 4.69) is 10.6 Å². The van der Waals surface area contributed by atoms with Crippen LogP contribution >= 0.6 is 12.2 Å². The molecule has 1 saturated heterocycles. The highest BCUT2D eigenvalue weighted by Crippen LogP contribution is 2.15. The monoisotopic (exact) mass is 272 g/mol. The van der Waals surface area contributed by atoms with Gasteiger partial charge in [-0.25, -0.2) is 8.78 Å². The summed E-state index contributed by atoms with van der Waals surface area (Å²) >= 11 is 5.01. The maximum atomic E-state index is 13.3. The number of rotatable bonds is 3. The molecule has 2 N–H and O–H groups in total. The molecule has 0 bridgehead atoms. The van der Waals surface area contributed by atoms with Gasteiger partial charge in [0.05, 0.1) is 11.8 Å². The van der Waals surface area contributed by atoms with Crippen molar-refractivity contribution in [3.63, 3.8) is 0 Å². The fourth-order valence-electron chi connectivity index (χ4n) is 1.77. The fourth-order valence-corrected chi connectivity index (χ4v) is 1.96. The SMILES string of the molecule is Fc1ccc(F)c(NC(=S)NCC2CCCO2)c1. The molecular formula is C12H14F2N2OS. The first-order chi connectivity index (χ1) is 8.65. The Bertz CT molecular complexity index is 436. The quantitative estimate of drug-likeness (QED) is 0.828. The van der Waals surface area contributed by atoms with Gasteiger partial charge in [0.1, 0.15) is 11.6 Å². The molecule has 0 saturated carbocycles. The molecule has 1 aromatic rings. The van der Waals surface area contributed by atoms with Crippen LogP contribution in [0.25, 0.3) is 0 Å². The Kier molecular flexibility index (Phi) is 4.43. The lowest BCUT2D eigenvalue weighted by Crippen LogP contribution is -2.35. The first-order valence-corrected chi connectivity index (χ1v) is 6.17. The zero-order chi connectivity index (χ0) is 13.0. The largest absolute Gasteiger partial charge is 0.376 e. The number of nitrogens with one attached hydrogen (secondary N) is 2. The van der Waals surface area contributed by atoms with Gasteiger partial charge in [0.2, 0.25) is 0 Å². The first kappa shape index (κ1) is 13.2. The van der Waals surface area contributed by atoms with Gasteiger partial charge in [-0.2, -0.15) is 0 Å². The third-order valence-electron chi connectivity index (χ3n) is 2.69. The second kappa shape index (κ2) is 6.06. The minimum absolute atomic E-state index is 0.0276. The van der Waals surface area contributed by atoms with Gasteiger partial charge in [-0.3, -0.25) is 0 Å². The van der Waals surface area contributed by atoms with E-state index in [-0.39, 0.29) is 16.9 Å². The van der Waals surface area contributed by atoms with Crippen molar-refractivity contribution < 1.29 is 13.5 Å². The maximum Gasteiger partial charge on any atom is 0.170 e. The number of ether oxygens (including phenoxy) is 1. The van der Waals surface area contributed by atoms with Crippen LogP contribution in [0.4, 0.5) is 14.5 Å². The van der Waals surface area contributed by atoms with Gasteiger partial charge in [-0.05, 0) is 37.2 Å². The molecule has 0 aromatic heterocycles. The number of thiocarbonyl (C=S) groups is 1. The van der Waals surface area contributed by atoms with Crippen LogP contribution in [0.3, 0.4) is 0 Å². The highest BCUT2D eigenvalue weighted by Gasteiger charge is 2.15. The highest BCUT2D eigenvalue weighted by atomic mass is 32.1. The molecule has 6 heteroatoms. The number of hydrogen-bond acceptors (Lipinski definition) is 2. The van der Waals surface area contributed by atoms with Crippen molar-refractivity contribution in [2.24, 2.45) is 0 Å². The normalized spacial score (nSPS) is 18.7. The predicted molar refractivity (Wildman–Crippen MR) is 69.6 cm³/mol. The van der Waals surface area contributed by atoms with Crippen molar-refractivity contribution in [2.45, 2.75) is 18.9 Å². The molecule has 1 fully saturated rings. The molecule has 1 unspecified atom stereocenters. The Morgan fingerprint density at radius 2 is 2.28 bits per heavy atom. The lowest BCUT2D eigenvalue weighted by Gasteiger charge is -2.14. The van der Waals surface area contributed by atoms with Crippen LogP contribution in [0, 0.1) is 11.6 Å². The van der Waals surface area contributed by atoms with Crippen molar-refractivity contribution in [1.82, 2.24) is 5.32 Å². The minimum Gasteiger partial charge on any atom is -0.376 e. The zero-order valence-corrected chi connectivity index (χ0v) is 10.5. The predicted octanol–water partition coefficient (Wildman–Crippen LogP) is 2.43. The van der Waals surface area contributed by atoms with Crippen LogP contribution in [0.1, 0.15) is 12.8 Å². The lowest BCUT2D eigenvalue weighted by molar-refractivity contribution is 0.114. The summed E-state index contributed by atoms with van der Waals surface area (Å²) in [4.78, 5) is 0. The van der Waals surface area contributed by atoms with Crippen LogP contribution in [0.2, 0.25) is 0 Å². The summed E-state index contributed by atoms with van der Waals surface area (Å²) < 4.78 is 31.7. The molecule has 2 rings (SSSR count). The van der Waals surface area contributed by atoms with Crippen LogP contribution in [0.15, 0.2) is 18.2 Å². The molecule has 18 heavy (non-hydrogen) atoms. The van der Waals surface area contributed by atoms with Crippen molar-refractivity contribution in [2.75, 3.05) is 18.5 Å². The Morgan fingerprint density at radius 3 is 3.00 bits per heavy atom. The molecular weight excluding hydrogens is 258 g/mol. The maximum absolute atomic E-state index is 13.3. The number of hydrogen-bond donors (Lipinski definition) is 2. The molecule has 0 aliphatic carbocycles. The summed E-state index contributed by atoms with van der Waals surface area (Å²) in [5.41, 5.74) is 0.0276. The van der Waals surface area contributed by atoms with Gasteiger partial charge in [-0.1, -0.05) is 0 Å². The molecule has 0 spiro atoms.